The third kappa shape index (κ3) is 1.49. The Morgan fingerprint density at radius 2 is 2.07 bits per heavy atom. The van der Waals surface area contributed by atoms with Gasteiger partial charge in [-0.3, -0.25) is 4.79 Å². The average Bonchev–Trinajstić information content (AvgIpc) is 2.81. The van der Waals surface area contributed by atoms with Crippen LogP contribution in [0.2, 0.25) is 0 Å². The lowest BCUT2D eigenvalue weighted by Crippen LogP contribution is -2.45. The highest BCUT2D eigenvalue weighted by Gasteiger charge is 2.53. The zero-order valence-corrected chi connectivity index (χ0v) is 9.73. The molecule has 0 aromatic heterocycles. The van der Waals surface area contributed by atoms with Crippen molar-refractivity contribution in [3.63, 3.8) is 0 Å². The van der Waals surface area contributed by atoms with Gasteiger partial charge in [0.05, 0.1) is 12.2 Å². The van der Waals surface area contributed by atoms with Gasteiger partial charge in [-0.05, 0) is 32.1 Å². The van der Waals surface area contributed by atoms with E-state index in [2.05, 4.69) is 13.8 Å². The molecule has 2 rings (SSSR count). The first-order chi connectivity index (χ1) is 6.36. The molecule has 1 aliphatic carbocycles. The third-order valence-corrected chi connectivity index (χ3v) is 4.59. The second-order valence-electron chi connectivity index (χ2n) is 5.14. The molecule has 1 saturated carbocycles. The molecule has 0 aromatic rings. The van der Waals surface area contributed by atoms with Crippen molar-refractivity contribution in [1.29, 1.82) is 0 Å². The van der Waals surface area contributed by atoms with Crippen molar-refractivity contribution in [3.8, 4) is 0 Å². The first kappa shape index (κ1) is 10.4. The van der Waals surface area contributed by atoms with E-state index in [1.54, 1.807) is 0 Å². The lowest BCUT2D eigenvalue weighted by molar-refractivity contribution is -0.126. The Kier molecular flexibility index (Phi) is 2.20. The Labute approximate surface area is 90.0 Å². The molecular formula is C11H17ClO2. The Bertz CT molecular complexity index is 268. The molecule has 1 heterocycles. The number of Topliss-reactive ketones (excluding diaryl/α,β-unsaturated/α-hetero) is 1. The van der Waals surface area contributed by atoms with Gasteiger partial charge in [-0.25, -0.2) is 0 Å². The smallest absolute Gasteiger partial charge is 0.154 e. The summed E-state index contributed by atoms with van der Waals surface area (Å²) in [6.45, 7) is 6.79. The summed E-state index contributed by atoms with van der Waals surface area (Å²) in [4.78, 5) is 11.2. The standard InChI is InChI=1S/C11H17ClO2/c1-7-4-8(10(2)6-14-10)5-9(13)11(7,3)12/h7-8H,4-6H2,1-3H3/t7-,8-,10?,11+/m0/s1. The number of rotatable bonds is 1. The molecule has 14 heavy (non-hydrogen) atoms. The first-order valence-electron chi connectivity index (χ1n) is 5.22. The van der Waals surface area contributed by atoms with Crippen molar-refractivity contribution in [1.82, 2.24) is 0 Å². The van der Waals surface area contributed by atoms with Crippen LogP contribution < -0.4 is 0 Å². The molecule has 3 heteroatoms. The van der Waals surface area contributed by atoms with Crippen LogP contribution in [0.15, 0.2) is 0 Å². The highest BCUT2D eigenvalue weighted by molar-refractivity contribution is 6.35. The number of epoxide rings is 1. The number of hydrogen-bond acceptors (Lipinski definition) is 2. The molecule has 1 aliphatic heterocycles. The van der Waals surface area contributed by atoms with Gasteiger partial charge in [-0.2, -0.15) is 0 Å². The molecule has 0 amide bonds. The fourth-order valence-electron chi connectivity index (χ4n) is 2.24. The van der Waals surface area contributed by atoms with Crippen LogP contribution in [0.25, 0.3) is 0 Å². The molecule has 2 fully saturated rings. The van der Waals surface area contributed by atoms with Crippen molar-refractivity contribution in [3.05, 3.63) is 0 Å². The molecule has 1 unspecified atom stereocenters. The van der Waals surface area contributed by atoms with Crippen molar-refractivity contribution >= 4 is 17.4 Å². The van der Waals surface area contributed by atoms with E-state index in [1.165, 1.54) is 0 Å². The predicted molar refractivity (Wildman–Crippen MR) is 55.5 cm³/mol. The summed E-state index contributed by atoms with van der Waals surface area (Å²) in [5.74, 6) is 0.799. The van der Waals surface area contributed by atoms with E-state index in [1.807, 2.05) is 6.92 Å². The van der Waals surface area contributed by atoms with E-state index in [9.17, 15) is 4.79 Å². The third-order valence-electron chi connectivity index (χ3n) is 4.00. The van der Waals surface area contributed by atoms with Gasteiger partial charge in [0, 0.05) is 6.42 Å². The van der Waals surface area contributed by atoms with E-state index in [0.29, 0.717) is 12.3 Å². The van der Waals surface area contributed by atoms with Crippen molar-refractivity contribution in [2.45, 2.75) is 44.1 Å². The lowest BCUT2D eigenvalue weighted by atomic mass is 9.70. The summed E-state index contributed by atoms with van der Waals surface area (Å²) in [6, 6.07) is 0. The number of ether oxygens (including phenoxy) is 1. The molecule has 2 nitrogen and oxygen atoms in total. The van der Waals surface area contributed by atoms with Crippen molar-refractivity contribution in [2.24, 2.45) is 11.8 Å². The van der Waals surface area contributed by atoms with Gasteiger partial charge < -0.3 is 4.74 Å². The molecule has 80 valence electrons. The van der Waals surface area contributed by atoms with Gasteiger partial charge in [0.1, 0.15) is 4.87 Å². The summed E-state index contributed by atoms with van der Waals surface area (Å²) in [5, 5.41) is 0. The molecular weight excluding hydrogens is 200 g/mol. The molecule has 0 bridgehead atoms. The monoisotopic (exact) mass is 216 g/mol. The molecule has 0 spiro atoms. The van der Waals surface area contributed by atoms with Gasteiger partial charge in [0.25, 0.3) is 0 Å². The molecule has 4 atom stereocenters. The van der Waals surface area contributed by atoms with E-state index < -0.39 is 4.87 Å². The molecule has 1 saturated heterocycles. The Hall–Kier alpha value is -0.0800. The van der Waals surface area contributed by atoms with Crippen LogP contribution in [0.5, 0.6) is 0 Å². The number of alkyl halides is 1. The highest BCUT2D eigenvalue weighted by Crippen LogP contribution is 2.47. The minimum Gasteiger partial charge on any atom is -0.370 e. The molecule has 0 aromatic carbocycles. The van der Waals surface area contributed by atoms with Gasteiger partial charge in [0.15, 0.2) is 5.78 Å². The highest BCUT2D eigenvalue weighted by atomic mass is 35.5. The van der Waals surface area contributed by atoms with E-state index in [4.69, 9.17) is 16.3 Å². The zero-order valence-electron chi connectivity index (χ0n) is 8.97. The summed E-state index contributed by atoms with van der Waals surface area (Å²) >= 11 is 6.22. The van der Waals surface area contributed by atoms with Crippen LogP contribution in [0, 0.1) is 11.8 Å². The van der Waals surface area contributed by atoms with Crippen LogP contribution in [0.4, 0.5) is 0 Å². The maximum absolute atomic E-state index is 11.8. The quantitative estimate of drug-likeness (QED) is 0.498. The topological polar surface area (TPSA) is 29.6 Å². The first-order valence-corrected chi connectivity index (χ1v) is 5.60. The fourth-order valence-corrected chi connectivity index (χ4v) is 2.41. The summed E-state index contributed by atoms with van der Waals surface area (Å²) in [7, 11) is 0. The molecule has 0 N–H and O–H groups in total. The van der Waals surface area contributed by atoms with Crippen LogP contribution >= 0.6 is 11.6 Å². The van der Waals surface area contributed by atoms with Crippen LogP contribution in [-0.4, -0.2) is 22.9 Å². The van der Waals surface area contributed by atoms with Crippen molar-refractivity contribution in [2.75, 3.05) is 6.61 Å². The second-order valence-corrected chi connectivity index (χ2v) is 5.92. The normalized spacial score (nSPS) is 53.3. The van der Waals surface area contributed by atoms with Gasteiger partial charge in [0.2, 0.25) is 0 Å². The van der Waals surface area contributed by atoms with Gasteiger partial charge in [-0.1, -0.05) is 6.92 Å². The van der Waals surface area contributed by atoms with Crippen LogP contribution in [-0.2, 0) is 9.53 Å². The van der Waals surface area contributed by atoms with Crippen LogP contribution in [0.3, 0.4) is 0 Å². The molecule has 0 radical (unpaired) electrons. The number of ketones is 1. The average molecular weight is 217 g/mol. The Morgan fingerprint density at radius 1 is 1.50 bits per heavy atom. The van der Waals surface area contributed by atoms with Crippen LogP contribution in [0.1, 0.15) is 33.6 Å². The van der Waals surface area contributed by atoms with Gasteiger partial charge >= 0.3 is 0 Å². The fraction of sp³-hybridized carbons (Fsp3) is 0.909. The van der Waals surface area contributed by atoms with Crippen molar-refractivity contribution < 1.29 is 9.53 Å². The summed E-state index contributed by atoms with van der Waals surface area (Å²) < 4.78 is 5.40. The van der Waals surface area contributed by atoms with E-state index in [0.717, 1.165) is 13.0 Å². The van der Waals surface area contributed by atoms with E-state index in [-0.39, 0.29) is 17.3 Å². The SMILES string of the molecule is C[C@H]1C[C@H](C2(C)CO2)CC(=O)[C@]1(C)Cl. The lowest BCUT2D eigenvalue weighted by Gasteiger charge is -2.38. The number of hydrogen-bond donors (Lipinski definition) is 0. The minimum atomic E-state index is -0.651. The van der Waals surface area contributed by atoms with Gasteiger partial charge in [-0.15, -0.1) is 11.6 Å². The largest absolute Gasteiger partial charge is 0.370 e. The Balaban J connectivity index is 2.12. The maximum atomic E-state index is 11.8. The summed E-state index contributed by atoms with van der Waals surface area (Å²) in [5.41, 5.74) is -0.0304. The zero-order chi connectivity index (χ0) is 10.6. The minimum absolute atomic E-state index is 0.0304. The van der Waals surface area contributed by atoms with E-state index >= 15 is 0 Å². The second kappa shape index (κ2) is 2.96. The molecule has 2 aliphatic rings. The summed E-state index contributed by atoms with van der Waals surface area (Å²) in [6.07, 6.45) is 1.59. The number of carbonyl (C=O) groups is 1. The Morgan fingerprint density at radius 3 is 2.50 bits per heavy atom. The number of carbonyl (C=O) groups excluding carboxylic acids is 1. The predicted octanol–water partition coefficient (Wildman–Crippen LogP) is 2.39. The maximum Gasteiger partial charge on any atom is 0.154 e. The number of halogens is 1.